The van der Waals surface area contributed by atoms with Gasteiger partial charge in [-0.2, -0.15) is 0 Å². The maximum atomic E-state index is 12.4. The van der Waals surface area contributed by atoms with E-state index in [2.05, 4.69) is 4.98 Å². The minimum atomic E-state index is -0.320. The van der Waals surface area contributed by atoms with Gasteiger partial charge in [-0.1, -0.05) is 39.0 Å². The molecular formula is C24H30N2O3. The van der Waals surface area contributed by atoms with E-state index in [0.29, 0.717) is 18.4 Å². The first kappa shape index (κ1) is 22.5. The molecule has 29 heavy (non-hydrogen) atoms. The molecule has 0 fully saturated rings. The number of nitrogens with one attached hydrogen (secondary N) is 1. The summed E-state index contributed by atoms with van der Waals surface area (Å²) in [6, 6.07) is 11.4. The van der Waals surface area contributed by atoms with Gasteiger partial charge in [0.1, 0.15) is 5.78 Å². The van der Waals surface area contributed by atoms with Crippen LogP contribution in [0.4, 0.5) is 0 Å². The van der Waals surface area contributed by atoms with Crippen LogP contribution < -0.4 is 0 Å². The highest BCUT2D eigenvalue weighted by molar-refractivity contribution is 5.86. The highest BCUT2D eigenvalue weighted by Crippen LogP contribution is 2.29. The Balaban J connectivity index is 2.38. The van der Waals surface area contributed by atoms with Gasteiger partial charge in [0.2, 0.25) is 0 Å². The van der Waals surface area contributed by atoms with Crippen LogP contribution in [-0.2, 0) is 20.7 Å². The second kappa shape index (κ2) is 9.59. The Morgan fingerprint density at radius 2 is 1.93 bits per heavy atom. The number of carbonyl (C=O) groups excluding carboxylic acids is 2. The lowest BCUT2D eigenvalue weighted by molar-refractivity contribution is -0.140. The Morgan fingerprint density at radius 1 is 1.21 bits per heavy atom. The average Bonchev–Trinajstić information content (AvgIpc) is 2.64. The van der Waals surface area contributed by atoms with E-state index in [-0.39, 0.29) is 29.5 Å². The molecular weight excluding hydrogens is 364 g/mol. The van der Waals surface area contributed by atoms with E-state index < -0.39 is 0 Å². The van der Waals surface area contributed by atoms with Gasteiger partial charge in [0.05, 0.1) is 13.5 Å². The fourth-order valence-electron chi connectivity index (χ4n) is 3.39. The fraction of sp³-hybridized carbons (Fsp3) is 0.417. The lowest BCUT2D eigenvalue weighted by Crippen LogP contribution is -2.16. The molecule has 0 amide bonds. The van der Waals surface area contributed by atoms with E-state index >= 15 is 0 Å². The summed E-state index contributed by atoms with van der Waals surface area (Å²) in [6.07, 6.45) is 2.21. The zero-order valence-corrected chi connectivity index (χ0v) is 17.9. The molecule has 1 aromatic heterocycles. The zero-order chi connectivity index (χ0) is 21.6. The van der Waals surface area contributed by atoms with Crippen LogP contribution >= 0.6 is 0 Å². The van der Waals surface area contributed by atoms with Crippen molar-refractivity contribution < 1.29 is 14.3 Å². The summed E-state index contributed by atoms with van der Waals surface area (Å²) >= 11 is 0. The predicted molar refractivity (Wildman–Crippen MR) is 115 cm³/mol. The number of hydrogen-bond donors (Lipinski definition) is 1. The fourth-order valence-corrected chi connectivity index (χ4v) is 3.39. The van der Waals surface area contributed by atoms with Crippen molar-refractivity contribution in [1.29, 1.82) is 5.41 Å². The van der Waals surface area contributed by atoms with Gasteiger partial charge in [0.25, 0.3) is 0 Å². The van der Waals surface area contributed by atoms with Crippen molar-refractivity contribution in [1.82, 2.24) is 4.98 Å². The Bertz CT molecular complexity index is 897. The average molecular weight is 395 g/mol. The lowest BCUT2D eigenvalue weighted by Gasteiger charge is -2.19. The summed E-state index contributed by atoms with van der Waals surface area (Å²) in [5, 5.41) is 7.82. The number of pyridine rings is 1. The first-order chi connectivity index (χ1) is 13.6. The van der Waals surface area contributed by atoms with Crippen molar-refractivity contribution in [3.8, 4) is 0 Å². The number of Topliss-reactive ketones (excluding diaryl/α,β-unsaturated/α-hetero) is 1. The molecule has 2 rings (SSSR count). The van der Waals surface area contributed by atoms with Crippen LogP contribution in [0.1, 0.15) is 67.6 Å². The van der Waals surface area contributed by atoms with Crippen LogP contribution in [0.3, 0.4) is 0 Å². The molecule has 154 valence electrons. The van der Waals surface area contributed by atoms with Crippen LogP contribution in [0.15, 0.2) is 36.4 Å². The van der Waals surface area contributed by atoms with Gasteiger partial charge in [-0.3, -0.25) is 14.6 Å². The number of rotatable bonds is 8. The molecule has 0 saturated carbocycles. The van der Waals surface area contributed by atoms with Gasteiger partial charge in [-0.15, -0.1) is 0 Å². The number of aromatic nitrogens is 1. The number of esters is 1. The summed E-state index contributed by atoms with van der Waals surface area (Å²) in [6.45, 7) is 8.03. The summed E-state index contributed by atoms with van der Waals surface area (Å²) in [5.74, 6) is -0.445. The minimum Gasteiger partial charge on any atom is -0.469 e. The van der Waals surface area contributed by atoms with Crippen molar-refractivity contribution in [2.75, 3.05) is 7.11 Å². The van der Waals surface area contributed by atoms with Gasteiger partial charge >= 0.3 is 5.97 Å². The Labute approximate surface area is 173 Å². The number of methoxy groups -OCH3 is 1. The molecule has 0 aliphatic carbocycles. The first-order valence-corrected chi connectivity index (χ1v) is 9.78. The van der Waals surface area contributed by atoms with Gasteiger partial charge in [-0.25, -0.2) is 0 Å². The van der Waals surface area contributed by atoms with E-state index in [4.69, 9.17) is 10.1 Å². The number of carbonyl (C=O) groups is 2. The van der Waals surface area contributed by atoms with Crippen molar-refractivity contribution in [3.05, 3.63) is 64.5 Å². The predicted octanol–water partition coefficient (Wildman–Crippen LogP) is 4.63. The van der Waals surface area contributed by atoms with Crippen LogP contribution in [0, 0.1) is 17.7 Å². The van der Waals surface area contributed by atoms with Gasteiger partial charge < -0.3 is 10.1 Å². The second-order valence-electron chi connectivity index (χ2n) is 8.59. The molecule has 1 heterocycles. The molecule has 2 aromatic rings. The number of benzene rings is 1. The maximum absolute atomic E-state index is 12.4. The SMILES string of the molecule is COC(=O)CC(c1ccc(CC(=O)CC(C)(C)C)c(C=N)c1)c1cccc(C)n1. The zero-order valence-electron chi connectivity index (χ0n) is 17.9. The first-order valence-electron chi connectivity index (χ1n) is 9.78. The molecule has 0 bridgehead atoms. The van der Waals surface area contributed by atoms with E-state index in [1.54, 1.807) is 0 Å². The van der Waals surface area contributed by atoms with E-state index in [0.717, 1.165) is 22.5 Å². The summed E-state index contributed by atoms with van der Waals surface area (Å²) in [7, 11) is 1.37. The van der Waals surface area contributed by atoms with E-state index in [9.17, 15) is 9.59 Å². The lowest BCUT2D eigenvalue weighted by atomic mass is 9.86. The molecule has 1 N–H and O–H groups in total. The van der Waals surface area contributed by atoms with E-state index in [1.165, 1.54) is 13.3 Å². The molecule has 0 spiro atoms. The van der Waals surface area contributed by atoms with Gasteiger partial charge in [-0.05, 0) is 47.2 Å². The van der Waals surface area contributed by atoms with Crippen LogP contribution in [-0.4, -0.2) is 30.1 Å². The number of ketones is 1. The van der Waals surface area contributed by atoms with Crippen LogP contribution in [0.2, 0.25) is 0 Å². The minimum absolute atomic E-state index is 0.0652. The monoisotopic (exact) mass is 394 g/mol. The Morgan fingerprint density at radius 3 is 2.52 bits per heavy atom. The normalized spacial score (nSPS) is 12.3. The molecule has 5 nitrogen and oxygen atoms in total. The highest BCUT2D eigenvalue weighted by Gasteiger charge is 2.22. The Kier molecular flexibility index (Phi) is 7.43. The number of ether oxygens (including phenoxy) is 1. The molecule has 1 atom stereocenters. The third-order valence-electron chi connectivity index (χ3n) is 4.71. The van der Waals surface area contributed by atoms with E-state index in [1.807, 2.05) is 64.1 Å². The van der Waals surface area contributed by atoms with Crippen molar-refractivity contribution >= 4 is 18.0 Å². The molecule has 0 saturated heterocycles. The van der Waals surface area contributed by atoms with Gasteiger partial charge in [0.15, 0.2) is 0 Å². The van der Waals surface area contributed by atoms with Crippen molar-refractivity contribution in [3.63, 3.8) is 0 Å². The van der Waals surface area contributed by atoms with Crippen LogP contribution in [0.5, 0.6) is 0 Å². The summed E-state index contributed by atoms with van der Waals surface area (Å²) < 4.78 is 4.88. The van der Waals surface area contributed by atoms with Crippen molar-refractivity contribution in [2.24, 2.45) is 5.41 Å². The number of hydrogen-bond acceptors (Lipinski definition) is 5. The molecule has 0 aliphatic rings. The topological polar surface area (TPSA) is 80.1 Å². The maximum Gasteiger partial charge on any atom is 0.306 e. The summed E-state index contributed by atoms with van der Waals surface area (Å²) in [4.78, 5) is 29.0. The Hall–Kier alpha value is -2.82. The quantitative estimate of drug-likeness (QED) is 0.523. The molecule has 5 heteroatoms. The molecule has 1 aromatic carbocycles. The third-order valence-corrected chi connectivity index (χ3v) is 4.71. The number of nitrogens with zero attached hydrogens (tertiary/aromatic N) is 1. The van der Waals surface area contributed by atoms with Crippen LogP contribution in [0.25, 0.3) is 0 Å². The second-order valence-corrected chi connectivity index (χ2v) is 8.59. The number of aryl methyl sites for hydroxylation is 1. The standard InChI is InChI=1S/C24H30N2O3/c1-16-7-6-8-22(26-16)21(13-23(28)29-5)18-10-9-17(19(11-18)15-25)12-20(27)14-24(2,3)4/h6-11,15,21,25H,12-14H2,1-5H3. The third kappa shape index (κ3) is 6.63. The highest BCUT2D eigenvalue weighted by atomic mass is 16.5. The molecule has 0 radical (unpaired) electrons. The molecule has 1 unspecified atom stereocenters. The summed E-state index contributed by atoms with van der Waals surface area (Å²) in [5.41, 5.74) is 3.97. The molecule has 0 aliphatic heterocycles. The van der Waals surface area contributed by atoms with Gasteiger partial charge in [0, 0.05) is 36.4 Å². The smallest absolute Gasteiger partial charge is 0.306 e. The van der Waals surface area contributed by atoms with Crippen molar-refractivity contribution in [2.45, 2.75) is 52.9 Å². The largest absolute Gasteiger partial charge is 0.469 e.